The van der Waals surface area contributed by atoms with Crippen LogP contribution < -0.4 is 0 Å². The summed E-state index contributed by atoms with van der Waals surface area (Å²) < 4.78 is 5.10. The Balaban J connectivity index is 4.27. The van der Waals surface area contributed by atoms with E-state index in [0.717, 1.165) is 17.8 Å². The van der Waals surface area contributed by atoms with E-state index in [-0.39, 0.29) is 0 Å². The van der Waals surface area contributed by atoms with Crippen molar-refractivity contribution in [1.82, 2.24) is 0 Å². The van der Waals surface area contributed by atoms with Crippen LogP contribution in [0.4, 0.5) is 0 Å². The third kappa shape index (κ3) is 2.67. The molecule has 0 heterocycles. The first-order valence-electron chi connectivity index (χ1n) is 3.42. The summed E-state index contributed by atoms with van der Waals surface area (Å²) in [4.78, 5) is 3.89. The standard InChI is InChI=1S/C8H15NO/c1-5-8(10-4)7(2)6-9-3/h6H,5H2,1-4H3/b8-7+,9-6?. The molecule has 0 spiro atoms. The Morgan fingerprint density at radius 1 is 1.60 bits per heavy atom. The first kappa shape index (κ1) is 9.21. The third-order valence-corrected chi connectivity index (χ3v) is 1.33. The van der Waals surface area contributed by atoms with Crippen molar-refractivity contribution >= 4 is 6.21 Å². The second-order valence-corrected chi connectivity index (χ2v) is 2.05. The minimum atomic E-state index is 0.925. The molecule has 0 aliphatic heterocycles. The highest BCUT2D eigenvalue weighted by molar-refractivity contribution is 5.78. The minimum absolute atomic E-state index is 0.925. The van der Waals surface area contributed by atoms with Crippen molar-refractivity contribution < 1.29 is 4.74 Å². The lowest BCUT2D eigenvalue weighted by atomic mass is 10.2. The first-order chi connectivity index (χ1) is 4.76. The van der Waals surface area contributed by atoms with Crippen LogP contribution >= 0.6 is 0 Å². The summed E-state index contributed by atoms with van der Waals surface area (Å²) >= 11 is 0. The van der Waals surface area contributed by atoms with Gasteiger partial charge >= 0.3 is 0 Å². The summed E-state index contributed by atoms with van der Waals surface area (Å²) in [6.07, 6.45) is 2.73. The Hall–Kier alpha value is -0.790. The van der Waals surface area contributed by atoms with Gasteiger partial charge in [0.25, 0.3) is 0 Å². The molecule has 0 aromatic heterocycles. The molecule has 2 heteroatoms. The maximum absolute atomic E-state index is 5.10. The van der Waals surface area contributed by atoms with Gasteiger partial charge < -0.3 is 4.74 Å². The van der Waals surface area contributed by atoms with E-state index in [1.807, 2.05) is 13.1 Å². The van der Waals surface area contributed by atoms with E-state index in [1.54, 1.807) is 14.2 Å². The van der Waals surface area contributed by atoms with Gasteiger partial charge in [-0.25, -0.2) is 0 Å². The molecule has 0 aliphatic carbocycles. The molecule has 10 heavy (non-hydrogen) atoms. The lowest BCUT2D eigenvalue weighted by Gasteiger charge is -2.03. The van der Waals surface area contributed by atoms with Crippen molar-refractivity contribution in [3.8, 4) is 0 Å². The lowest BCUT2D eigenvalue weighted by molar-refractivity contribution is 0.278. The predicted molar refractivity (Wildman–Crippen MR) is 44.4 cm³/mol. The topological polar surface area (TPSA) is 21.6 Å². The molecule has 0 atom stereocenters. The zero-order valence-electron chi connectivity index (χ0n) is 7.14. The molecule has 0 rings (SSSR count). The molecule has 0 radical (unpaired) electrons. The molecule has 0 aromatic rings. The third-order valence-electron chi connectivity index (χ3n) is 1.33. The Morgan fingerprint density at radius 2 is 2.20 bits per heavy atom. The quantitative estimate of drug-likeness (QED) is 0.435. The van der Waals surface area contributed by atoms with Crippen LogP contribution in [-0.4, -0.2) is 20.4 Å². The van der Waals surface area contributed by atoms with Gasteiger partial charge in [0.15, 0.2) is 0 Å². The number of rotatable bonds is 3. The van der Waals surface area contributed by atoms with E-state index in [0.29, 0.717) is 0 Å². The highest BCUT2D eigenvalue weighted by atomic mass is 16.5. The summed E-state index contributed by atoms with van der Waals surface area (Å²) in [7, 11) is 3.44. The zero-order valence-corrected chi connectivity index (χ0v) is 7.14. The normalized spacial score (nSPS) is 13.6. The Kier molecular flexibility index (Phi) is 4.63. The molecule has 0 saturated heterocycles. The van der Waals surface area contributed by atoms with Gasteiger partial charge in [-0.2, -0.15) is 0 Å². The minimum Gasteiger partial charge on any atom is -0.501 e. The molecular formula is C8H15NO. The van der Waals surface area contributed by atoms with E-state index in [9.17, 15) is 0 Å². The molecule has 2 nitrogen and oxygen atoms in total. The van der Waals surface area contributed by atoms with Crippen LogP contribution in [0.5, 0.6) is 0 Å². The summed E-state index contributed by atoms with van der Waals surface area (Å²) in [5, 5.41) is 0. The van der Waals surface area contributed by atoms with E-state index in [1.165, 1.54) is 0 Å². The van der Waals surface area contributed by atoms with Crippen LogP contribution in [0, 0.1) is 0 Å². The number of hydrogen-bond donors (Lipinski definition) is 0. The maximum atomic E-state index is 5.10. The number of aliphatic imine (C=N–C) groups is 1. The fraction of sp³-hybridized carbons (Fsp3) is 0.625. The molecule has 0 saturated carbocycles. The Labute approximate surface area is 62.6 Å². The largest absolute Gasteiger partial charge is 0.501 e. The molecule has 0 N–H and O–H groups in total. The van der Waals surface area contributed by atoms with Crippen molar-refractivity contribution in [3.05, 3.63) is 11.3 Å². The molecule has 0 bridgehead atoms. The van der Waals surface area contributed by atoms with Gasteiger partial charge in [0.2, 0.25) is 0 Å². The molecule has 0 aromatic carbocycles. The number of nitrogens with zero attached hydrogens (tertiary/aromatic N) is 1. The molecule has 0 fully saturated rings. The van der Waals surface area contributed by atoms with Crippen LogP contribution in [0.25, 0.3) is 0 Å². The van der Waals surface area contributed by atoms with Gasteiger partial charge in [-0.3, -0.25) is 4.99 Å². The van der Waals surface area contributed by atoms with Crippen molar-refractivity contribution in [2.45, 2.75) is 20.3 Å². The number of allylic oxidation sites excluding steroid dienone is 2. The summed E-state index contributed by atoms with van der Waals surface area (Å²) in [5.41, 5.74) is 1.10. The second-order valence-electron chi connectivity index (χ2n) is 2.05. The second kappa shape index (κ2) is 5.03. The smallest absolute Gasteiger partial charge is 0.0996 e. The highest BCUT2D eigenvalue weighted by Gasteiger charge is 1.94. The van der Waals surface area contributed by atoms with Gasteiger partial charge in [-0.1, -0.05) is 6.92 Å². The Bertz CT molecular complexity index is 141. The molecule has 0 amide bonds. The van der Waals surface area contributed by atoms with Crippen molar-refractivity contribution in [2.75, 3.05) is 14.2 Å². The van der Waals surface area contributed by atoms with Gasteiger partial charge in [0.1, 0.15) is 0 Å². The van der Waals surface area contributed by atoms with Crippen LogP contribution in [0.3, 0.4) is 0 Å². The number of hydrogen-bond acceptors (Lipinski definition) is 2. The summed E-state index contributed by atoms with van der Waals surface area (Å²) in [5.74, 6) is 1.01. The average Bonchev–Trinajstić information content (AvgIpc) is 1.91. The van der Waals surface area contributed by atoms with Gasteiger partial charge in [-0.15, -0.1) is 0 Å². The maximum Gasteiger partial charge on any atom is 0.0996 e. The number of methoxy groups -OCH3 is 1. The SMILES string of the molecule is CC/C(OC)=C(/C)C=NC. The average molecular weight is 141 g/mol. The van der Waals surface area contributed by atoms with Crippen LogP contribution in [0.1, 0.15) is 20.3 Å². The fourth-order valence-electron chi connectivity index (χ4n) is 0.850. The molecule has 0 aliphatic rings. The summed E-state index contributed by atoms with van der Waals surface area (Å²) in [6.45, 7) is 4.06. The van der Waals surface area contributed by atoms with Crippen molar-refractivity contribution in [2.24, 2.45) is 4.99 Å². The van der Waals surface area contributed by atoms with Crippen LogP contribution in [-0.2, 0) is 4.74 Å². The zero-order chi connectivity index (χ0) is 7.98. The van der Waals surface area contributed by atoms with Crippen LogP contribution in [0.15, 0.2) is 16.3 Å². The van der Waals surface area contributed by atoms with Gasteiger partial charge in [0.05, 0.1) is 12.9 Å². The van der Waals surface area contributed by atoms with Gasteiger partial charge in [0, 0.05) is 25.3 Å². The first-order valence-corrected chi connectivity index (χ1v) is 3.42. The molecule has 58 valence electrons. The van der Waals surface area contributed by atoms with Crippen molar-refractivity contribution in [3.63, 3.8) is 0 Å². The highest BCUT2D eigenvalue weighted by Crippen LogP contribution is 2.06. The number of ether oxygens (including phenoxy) is 1. The van der Waals surface area contributed by atoms with Crippen molar-refractivity contribution in [1.29, 1.82) is 0 Å². The fourth-order valence-corrected chi connectivity index (χ4v) is 0.850. The van der Waals surface area contributed by atoms with E-state index >= 15 is 0 Å². The molecular weight excluding hydrogens is 126 g/mol. The lowest BCUT2D eigenvalue weighted by Crippen LogP contribution is -1.91. The monoisotopic (exact) mass is 141 g/mol. The molecule has 0 unspecified atom stereocenters. The Morgan fingerprint density at radius 3 is 2.50 bits per heavy atom. The van der Waals surface area contributed by atoms with Crippen LogP contribution in [0.2, 0.25) is 0 Å². The predicted octanol–water partition coefficient (Wildman–Crippen LogP) is 2.02. The van der Waals surface area contributed by atoms with E-state index in [4.69, 9.17) is 4.74 Å². The van der Waals surface area contributed by atoms with Gasteiger partial charge in [-0.05, 0) is 6.92 Å². The van der Waals surface area contributed by atoms with E-state index in [2.05, 4.69) is 11.9 Å². The summed E-state index contributed by atoms with van der Waals surface area (Å²) in [6, 6.07) is 0. The van der Waals surface area contributed by atoms with E-state index < -0.39 is 0 Å².